The number of fused-ring (bicyclic) bond motifs is 1. The molecule has 0 radical (unpaired) electrons. The maximum atomic E-state index is 5.84. The molecule has 4 aromatic rings. The van der Waals surface area contributed by atoms with Gasteiger partial charge >= 0.3 is 6.01 Å². The van der Waals surface area contributed by atoms with Gasteiger partial charge in [0.2, 0.25) is 0 Å². The van der Waals surface area contributed by atoms with E-state index in [1.807, 2.05) is 42.5 Å². The lowest BCUT2D eigenvalue weighted by atomic mass is 10.1. The smallest absolute Gasteiger partial charge is 0.320 e. The maximum absolute atomic E-state index is 5.84. The fraction of sp³-hybridized carbons (Fsp3) is 0.143. The van der Waals surface area contributed by atoms with Crippen molar-refractivity contribution >= 4 is 17.4 Å². The Labute approximate surface area is 172 Å². The van der Waals surface area contributed by atoms with Crippen LogP contribution in [0.3, 0.4) is 0 Å². The normalized spacial score (nSPS) is 12.4. The van der Waals surface area contributed by atoms with Crippen LogP contribution in [-0.4, -0.2) is 33.4 Å². The van der Waals surface area contributed by atoms with Crippen LogP contribution >= 0.6 is 0 Å². The molecule has 2 N–H and O–H groups in total. The van der Waals surface area contributed by atoms with Crippen LogP contribution in [-0.2, 0) is 6.54 Å². The average molecular weight is 402 g/mol. The molecule has 0 bridgehead atoms. The minimum absolute atomic E-state index is 0.285. The molecule has 0 saturated carbocycles. The number of ether oxygens (including phenoxy) is 2. The van der Waals surface area contributed by atoms with Crippen molar-refractivity contribution in [1.82, 2.24) is 20.2 Å². The Kier molecular flexibility index (Phi) is 4.83. The number of para-hydroxylation sites is 1. The lowest BCUT2D eigenvalue weighted by molar-refractivity contribution is 0.171. The van der Waals surface area contributed by atoms with E-state index in [0.717, 1.165) is 28.3 Å². The molecule has 0 unspecified atom stereocenters. The molecular formula is C21H18N6O3. The van der Waals surface area contributed by atoms with Gasteiger partial charge in [0.1, 0.15) is 19.5 Å². The Bertz CT molecular complexity index is 1150. The lowest BCUT2D eigenvalue weighted by Crippen LogP contribution is -2.15. The molecule has 9 heteroatoms. The standard InChI is InChI=1S/C21H18N6O3/c1-2-4-17(24-12-14-10-22-13-23-11-14)16(3-1)20-26-27-21(30-20)25-15-5-6-18-19(9-15)29-8-7-28-18/h1-6,9-11,13,24H,7-8,12H2,(H,25,27). The zero-order chi connectivity index (χ0) is 20.2. The highest BCUT2D eigenvalue weighted by atomic mass is 16.6. The van der Waals surface area contributed by atoms with Gasteiger partial charge in [-0.1, -0.05) is 17.2 Å². The minimum atomic E-state index is 0.285. The van der Waals surface area contributed by atoms with E-state index < -0.39 is 0 Å². The Morgan fingerprint density at radius 3 is 2.63 bits per heavy atom. The number of rotatable bonds is 6. The molecular weight excluding hydrogens is 384 g/mol. The van der Waals surface area contributed by atoms with Crippen LogP contribution < -0.4 is 20.1 Å². The molecule has 3 heterocycles. The predicted molar refractivity (Wildman–Crippen MR) is 110 cm³/mol. The monoisotopic (exact) mass is 402 g/mol. The molecule has 0 saturated heterocycles. The molecule has 0 spiro atoms. The summed E-state index contributed by atoms with van der Waals surface area (Å²) in [6.07, 6.45) is 5.04. The molecule has 0 fully saturated rings. The molecule has 0 amide bonds. The highest BCUT2D eigenvalue weighted by Crippen LogP contribution is 2.34. The second-order valence-corrected chi connectivity index (χ2v) is 6.54. The minimum Gasteiger partial charge on any atom is -0.486 e. The van der Waals surface area contributed by atoms with E-state index in [4.69, 9.17) is 13.9 Å². The van der Waals surface area contributed by atoms with Gasteiger partial charge in [-0.05, 0) is 24.3 Å². The van der Waals surface area contributed by atoms with Crippen molar-refractivity contribution in [2.24, 2.45) is 0 Å². The Morgan fingerprint density at radius 2 is 1.73 bits per heavy atom. The third-order valence-electron chi connectivity index (χ3n) is 4.47. The van der Waals surface area contributed by atoms with E-state index in [9.17, 15) is 0 Å². The fourth-order valence-corrected chi connectivity index (χ4v) is 3.07. The zero-order valence-electron chi connectivity index (χ0n) is 15.9. The second-order valence-electron chi connectivity index (χ2n) is 6.54. The second kappa shape index (κ2) is 8.08. The average Bonchev–Trinajstić information content (AvgIpc) is 3.27. The lowest BCUT2D eigenvalue weighted by Gasteiger charge is -2.18. The highest BCUT2D eigenvalue weighted by molar-refractivity contribution is 5.72. The molecule has 0 atom stereocenters. The van der Waals surface area contributed by atoms with Crippen molar-refractivity contribution in [3.63, 3.8) is 0 Å². The highest BCUT2D eigenvalue weighted by Gasteiger charge is 2.15. The first-order valence-electron chi connectivity index (χ1n) is 9.42. The number of hydrogen-bond donors (Lipinski definition) is 2. The number of nitrogens with one attached hydrogen (secondary N) is 2. The molecule has 1 aliphatic rings. The molecule has 150 valence electrons. The summed E-state index contributed by atoms with van der Waals surface area (Å²) in [5, 5.41) is 14.8. The number of benzene rings is 2. The van der Waals surface area contributed by atoms with Gasteiger partial charge in [-0.2, -0.15) is 0 Å². The fourth-order valence-electron chi connectivity index (χ4n) is 3.07. The van der Waals surface area contributed by atoms with Crippen molar-refractivity contribution in [1.29, 1.82) is 0 Å². The van der Waals surface area contributed by atoms with Crippen LogP contribution in [0.5, 0.6) is 11.5 Å². The Balaban J connectivity index is 1.33. The quantitative estimate of drug-likeness (QED) is 0.499. The summed E-state index contributed by atoms with van der Waals surface area (Å²) in [5.74, 6) is 1.81. The molecule has 2 aromatic heterocycles. The number of aromatic nitrogens is 4. The number of nitrogens with zero attached hydrogens (tertiary/aromatic N) is 4. The van der Waals surface area contributed by atoms with E-state index in [1.54, 1.807) is 12.4 Å². The number of anilines is 3. The van der Waals surface area contributed by atoms with E-state index in [-0.39, 0.29) is 6.01 Å². The summed E-state index contributed by atoms with van der Waals surface area (Å²) in [6.45, 7) is 1.66. The maximum Gasteiger partial charge on any atom is 0.320 e. The summed E-state index contributed by atoms with van der Waals surface area (Å²) in [5.41, 5.74) is 3.41. The zero-order valence-corrected chi connectivity index (χ0v) is 15.9. The molecule has 9 nitrogen and oxygen atoms in total. The summed E-state index contributed by atoms with van der Waals surface area (Å²) >= 11 is 0. The van der Waals surface area contributed by atoms with Gasteiger partial charge in [-0.3, -0.25) is 0 Å². The van der Waals surface area contributed by atoms with Crippen molar-refractivity contribution in [2.75, 3.05) is 23.8 Å². The Morgan fingerprint density at radius 1 is 0.900 bits per heavy atom. The summed E-state index contributed by atoms with van der Waals surface area (Å²) in [7, 11) is 0. The molecule has 0 aliphatic carbocycles. The topological polar surface area (TPSA) is 107 Å². The van der Waals surface area contributed by atoms with Crippen molar-refractivity contribution in [3.05, 3.63) is 66.7 Å². The predicted octanol–water partition coefficient (Wildman–Crippen LogP) is 3.65. The van der Waals surface area contributed by atoms with Crippen molar-refractivity contribution in [3.8, 4) is 23.0 Å². The van der Waals surface area contributed by atoms with Gasteiger partial charge in [0.15, 0.2) is 11.5 Å². The van der Waals surface area contributed by atoms with Gasteiger partial charge in [0, 0.05) is 41.9 Å². The van der Waals surface area contributed by atoms with Crippen molar-refractivity contribution < 1.29 is 13.9 Å². The largest absolute Gasteiger partial charge is 0.486 e. The molecule has 5 rings (SSSR count). The van der Waals surface area contributed by atoms with Crippen molar-refractivity contribution in [2.45, 2.75) is 6.54 Å². The summed E-state index contributed by atoms with van der Waals surface area (Å²) in [4.78, 5) is 8.06. The molecule has 2 aromatic carbocycles. The van der Waals surface area contributed by atoms with Crippen LogP contribution in [0, 0.1) is 0 Å². The van der Waals surface area contributed by atoms with Crippen LogP contribution in [0.2, 0.25) is 0 Å². The van der Waals surface area contributed by atoms with Gasteiger partial charge in [-0.15, -0.1) is 5.10 Å². The van der Waals surface area contributed by atoms with E-state index >= 15 is 0 Å². The SMILES string of the molecule is c1ccc(-c2nnc(Nc3ccc4c(c3)OCCO4)o2)c(NCc2cncnc2)c1. The van der Waals surface area contributed by atoms with Gasteiger partial charge in [-0.25, -0.2) is 9.97 Å². The van der Waals surface area contributed by atoms with E-state index in [1.165, 1.54) is 6.33 Å². The van der Waals surface area contributed by atoms with Crippen LogP contribution in [0.25, 0.3) is 11.5 Å². The first-order chi connectivity index (χ1) is 14.8. The van der Waals surface area contributed by atoms with Crippen LogP contribution in [0.15, 0.2) is 65.6 Å². The Hall–Kier alpha value is -4.14. The first-order valence-corrected chi connectivity index (χ1v) is 9.42. The van der Waals surface area contributed by atoms with Gasteiger partial charge < -0.3 is 24.5 Å². The van der Waals surface area contributed by atoms with Crippen LogP contribution in [0.4, 0.5) is 17.4 Å². The summed E-state index contributed by atoms with van der Waals surface area (Å²) < 4.78 is 17.0. The molecule has 30 heavy (non-hydrogen) atoms. The summed E-state index contributed by atoms with van der Waals surface area (Å²) in [6, 6.07) is 13.6. The van der Waals surface area contributed by atoms with Gasteiger partial charge in [0.05, 0.1) is 5.56 Å². The molecule has 1 aliphatic heterocycles. The third kappa shape index (κ3) is 3.86. The first kappa shape index (κ1) is 17.9. The van der Waals surface area contributed by atoms with E-state index in [2.05, 4.69) is 30.8 Å². The van der Waals surface area contributed by atoms with Gasteiger partial charge in [0.25, 0.3) is 5.89 Å². The van der Waals surface area contributed by atoms with Crippen LogP contribution in [0.1, 0.15) is 5.56 Å². The van der Waals surface area contributed by atoms with E-state index in [0.29, 0.717) is 31.4 Å². The third-order valence-corrected chi connectivity index (χ3v) is 4.47. The number of hydrogen-bond acceptors (Lipinski definition) is 9.